The molecule has 5 heteroatoms. The van der Waals surface area contributed by atoms with Gasteiger partial charge in [-0.25, -0.2) is 0 Å². The number of nitrogens with zero attached hydrogens (tertiary/aromatic N) is 2. The molecule has 0 radical (unpaired) electrons. The molecule has 1 fully saturated rings. The number of methoxy groups -OCH3 is 1. The molecule has 0 aromatic heterocycles. The van der Waals surface area contributed by atoms with E-state index in [1.807, 2.05) is 12.1 Å². The van der Waals surface area contributed by atoms with Gasteiger partial charge in [-0.1, -0.05) is 11.6 Å². The minimum atomic E-state index is 0.750. The van der Waals surface area contributed by atoms with Crippen LogP contribution < -0.4 is 14.4 Å². The summed E-state index contributed by atoms with van der Waals surface area (Å²) >= 11 is 5.99. The Morgan fingerprint density at radius 2 is 1.59 bits per heavy atom. The van der Waals surface area contributed by atoms with Gasteiger partial charge in [-0.15, -0.1) is 0 Å². The molecule has 4 rings (SSSR count). The molecule has 29 heavy (non-hydrogen) atoms. The van der Waals surface area contributed by atoms with Crippen molar-refractivity contribution in [2.75, 3.05) is 51.3 Å². The van der Waals surface area contributed by atoms with E-state index in [2.05, 4.69) is 34.1 Å². The van der Waals surface area contributed by atoms with Crippen molar-refractivity contribution in [3.05, 3.63) is 52.5 Å². The number of anilines is 1. The molecule has 0 bridgehead atoms. The molecule has 1 aliphatic heterocycles. The first-order valence-corrected chi connectivity index (χ1v) is 11.2. The van der Waals surface area contributed by atoms with Crippen LogP contribution in [0, 0.1) is 0 Å². The summed E-state index contributed by atoms with van der Waals surface area (Å²) in [7, 11) is 1.73. The van der Waals surface area contributed by atoms with Crippen LogP contribution in [0.2, 0.25) is 5.02 Å². The van der Waals surface area contributed by atoms with Gasteiger partial charge in [0.25, 0.3) is 0 Å². The summed E-state index contributed by atoms with van der Waals surface area (Å²) in [5.74, 6) is 1.79. The van der Waals surface area contributed by atoms with Crippen molar-refractivity contribution in [1.29, 1.82) is 0 Å². The lowest BCUT2D eigenvalue weighted by Crippen LogP contribution is -2.46. The van der Waals surface area contributed by atoms with Crippen molar-refractivity contribution < 1.29 is 9.47 Å². The maximum atomic E-state index is 6.06. The van der Waals surface area contributed by atoms with Gasteiger partial charge in [0.05, 0.1) is 13.7 Å². The minimum absolute atomic E-state index is 0.750. The summed E-state index contributed by atoms with van der Waals surface area (Å²) in [6.07, 6.45) is 5.80. The second-order valence-electron chi connectivity index (χ2n) is 7.99. The standard InChI is InChI=1S/C24H31ClN2O2/c1-28-23-17-19-5-4-6-20(19)18-24(23)29-16-3-2-11-26-12-14-27(15-13-26)22-9-7-21(25)8-10-22/h7-10,17-18H,2-6,11-16H2,1H3. The number of piperazine rings is 1. The van der Waals surface area contributed by atoms with Crippen LogP contribution in [0.15, 0.2) is 36.4 Å². The molecule has 1 saturated heterocycles. The summed E-state index contributed by atoms with van der Waals surface area (Å²) < 4.78 is 11.6. The molecule has 2 aromatic rings. The Balaban J connectivity index is 1.16. The lowest BCUT2D eigenvalue weighted by atomic mass is 10.1. The lowest BCUT2D eigenvalue weighted by molar-refractivity contribution is 0.236. The van der Waals surface area contributed by atoms with Crippen molar-refractivity contribution >= 4 is 17.3 Å². The first-order valence-electron chi connectivity index (χ1n) is 10.8. The predicted molar refractivity (Wildman–Crippen MR) is 120 cm³/mol. The first kappa shape index (κ1) is 20.4. The largest absolute Gasteiger partial charge is 0.493 e. The molecule has 1 heterocycles. The summed E-state index contributed by atoms with van der Waals surface area (Å²) in [5, 5.41) is 0.798. The molecule has 0 atom stereocenters. The third-order valence-corrected chi connectivity index (χ3v) is 6.32. The van der Waals surface area contributed by atoms with Gasteiger partial charge in [0.2, 0.25) is 0 Å². The maximum Gasteiger partial charge on any atom is 0.161 e. The number of halogens is 1. The Bertz CT molecular complexity index is 801. The van der Waals surface area contributed by atoms with Gasteiger partial charge in [0.1, 0.15) is 0 Å². The van der Waals surface area contributed by atoms with Crippen molar-refractivity contribution in [3.63, 3.8) is 0 Å². The van der Waals surface area contributed by atoms with E-state index in [1.54, 1.807) is 7.11 Å². The smallest absolute Gasteiger partial charge is 0.161 e. The number of benzene rings is 2. The van der Waals surface area contributed by atoms with E-state index in [4.69, 9.17) is 21.1 Å². The summed E-state index contributed by atoms with van der Waals surface area (Å²) in [4.78, 5) is 5.00. The van der Waals surface area contributed by atoms with Gasteiger partial charge in [-0.05, 0) is 86.2 Å². The molecule has 1 aliphatic carbocycles. The van der Waals surface area contributed by atoms with E-state index < -0.39 is 0 Å². The Labute approximate surface area is 179 Å². The quantitative estimate of drug-likeness (QED) is 0.578. The number of hydrogen-bond donors (Lipinski definition) is 0. The number of hydrogen-bond acceptors (Lipinski definition) is 4. The fourth-order valence-electron chi connectivity index (χ4n) is 4.35. The minimum Gasteiger partial charge on any atom is -0.493 e. The van der Waals surface area contributed by atoms with Gasteiger partial charge >= 0.3 is 0 Å². The van der Waals surface area contributed by atoms with Crippen molar-refractivity contribution in [2.24, 2.45) is 0 Å². The highest BCUT2D eigenvalue weighted by molar-refractivity contribution is 6.30. The van der Waals surface area contributed by atoms with E-state index in [0.29, 0.717) is 0 Å². The number of rotatable bonds is 8. The highest BCUT2D eigenvalue weighted by Crippen LogP contribution is 2.35. The third-order valence-electron chi connectivity index (χ3n) is 6.07. The van der Waals surface area contributed by atoms with Crippen LogP contribution in [0.25, 0.3) is 0 Å². The van der Waals surface area contributed by atoms with Crippen LogP contribution in [0.5, 0.6) is 11.5 Å². The fraction of sp³-hybridized carbons (Fsp3) is 0.500. The van der Waals surface area contributed by atoms with Crippen LogP contribution in [0.4, 0.5) is 5.69 Å². The molecule has 2 aliphatic rings. The van der Waals surface area contributed by atoms with Gasteiger partial charge in [0.15, 0.2) is 11.5 Å². The van der Waals surface area contributed by atoms with Crippen molar-refractivity contribution in [2.45, 2.75) is 32.1 Å². The van der Waals surface area contributed by atoms with E-state index in [9.17, 15) is 0 Å². The average Bonchev–Trinajstić information content (AvgIpc) is 3.21. The first-order chi connectivity index (χ1) is 14.2. The number of aryl methyl sites for hydroxylation is 2. The van der Waals surface area contributed by atoms with Gasteiger partial charge in [0, 0.05) is 36.9 Å². The molecule has 156 valence electrons. The lowest BCUT2D eigenvalue weighted by Gasteiger charge is -2.36. The highest BCUT2D eigenvalue weighted by atomic mass is 35.5. The predicted octanol–water partition coefficient (Wildman–Crippen LogP) is 4.82. The third kappa shape index (κ3) is 5.18. The monoisotopic (exact) mass is 414 g/mol. The second-order valence-corrected chi connectivity index (χ2v) is 8.42. The second kappa shape index (κ2) is 9.73. The summed E-state index contributed by atoms with van der Waals surface area (Å²) in [5.41, 5.74) is 4.12. The van der Waals surface area contributed by atoms with E-state index in [0.717, 1.165) is 81.5 Å². The average molecular weight is 415 g/mol. The summed E-state index contributed by atoms with van der Waals surface area (Å²) in [6.45, 7) is 6.26. The Kier molecular flexibility index (Phi) is 6.83. The normalized spacial score (nSPS) is 16.7. The van der Waals surface area contributed by atoms with E-state index in [-0.39, 0.29) is 0 Å². The molecule has 4 nitrogen and oxygen atoms in total. The van der Waals surface area contributed by atoms with Gasteiger partial charge in [-0.2, -0.15) is 0 Å². The topological polar surface area (TPSA) is 24.9 Å². The molecule has 0 unspecified atom stereocenters. The fourth-order valence-corrected chi connectivity index (χ4v) is 4.48. The molecule has 0 saturated carbocycles. The van der Waals surface area contributed by atoms with Gasteiger partial charge in [-0.3, -0.25) is 4.90 Å². The molecular formula is C24H31ClN2O2. The molecular weight excluding hydrogens is 384 g/mol. The van der Waals surface area contributed by atoms with Crippen molar-refractivity contribution in [3.8, 4) is 11.5 Å². The Morgan fingerprint density at radius 3 is 2.28 bits per heavy atom. The maximum absolute atomic E-state index is 6.06. The zero-order valence-electron chi connectivity index (χ0n) is 17.3. The Morgan fingerprint density at radius 1 is 0.897 bits per heavy atom. The Hall–Kier alpha value is -1.91. The van der Waals surface area contributed by atoms with Crippen LogP contribution in [0.3, 0.4) is 0 Å². The molecule has 2 aromatic carbocycles. The van der Waals surface area contributed by atoms with Crippen LogP contribution >= 0.6 is 11.6 Å². The number of ether oxygens (including phenoxy) is 2. The van der Waals surface area contributed by atoms with E-state index in [1.165, 1.54) is 23.2 Å². The van der Waals surface area contributed by atoms with Crippen LogP contribution in [-0.4, -0.2) is 51.3 Å². The SMILES string of the molecule is COc1cc2c(cc1OCCCCN1CCN(c3ccc(Cl)cc3)CC1)CCC2. The van der Waals surface area contributed by atoms with Crippen LogP contribution in [0.1, 0.15) is 30.4 Å². The zero-order valence-corrected chi connectivity index (χ0v) is 18.1. The number of fused-ring (bicyclic) bond motifs is 1. The molecule has 0 spiro atoms. The van der Waals surface area contributed by atoms with E-state index >= 15 is 0 Å². The zero-order chi connectivity index (χ0) is 20.1. The molecule has 0 amide bonds. The van der Waals surface area contributed by atoms with Gasteiger partial charge < -0.3 is 14.4 Å². The highest BCUT2D eigenvalue weighted by Gasteiger charge is 2.18. The summed E-state index contributed by atoms with van der Waals surface area (Å²) in [6, 6.07) is 12.5. The number of unbranched alkanes of at least 4 members (excludes halogenated alkanes) is 1. The van der Waals surface area contributed by atoms with Crippen molar-refractivity contribution in [1.82, 2.24) is 4.90 Å². The van der Waals surface area contributed by atoms with Crippen LogP contribution in [-0.2, 0) is 12.8 Å². The molecule has 0 N–H and O–H groups in total.